The highest BCUT2D eigenvalue weighted by Crippen LogP contribution is 2.50. The van der Waals surface area contributed by atoms with Gasteiger partial charge in [-0.05, 0) is 24.0 Å². The Morgan fingerprint density at radius 1 is 0.958 bits per heavy atom. The van der Waals surface area contributed by atoms with Crippen LogP contribution in [0.3, 0.4) is 0 Å². The average Bonchev–Trinajstić information content (AvgIpc) is 3.33. The van der Waals surface area contributed by atoms with Gasteiger partial charge < -0.3 is 10.6 Å². The molecule has 2 fully saturated rings. The van der Waals surface area contributed by atoms with Gasteiger partial charge in [-0.3, -0.25) is 4.79 Å². The first kappa shape index (κ1) is 17.0. The van der Waals surface area contributed by atoms with E-state index in [1.807, 2.05) is 41.3 Å². The van der Waals surface area contributed by atoms with Crippen molar-refractivity contribution < 1.29 is 4.79 Å². The van der Waals surface area contributed by atoms with E-state index in [0.29, 0.717) is 6.54 Å². The maximum Gasteiger partial charge on any atom is 0.233 e. The molecule has 2 atom stereocenters. The molecule has 0 bridgehead atoms. The Morgan fingerprint density at radius 2 is 1.54 bits per heavy atom. The Hall–Kier alpha value is -1.84. The van der Waals surface area contributed by atoms with Crippen LogP contribution in [0, 0.1) is 0 Å². The highest BCUT2D eigenvalue weighted by molar-refractivity contribution is 5.91. The summed E-state index contributed by atoms with van der Waals surface area (Å²) in [5.74, 6) is 0.504. The maximum atomic E-state index is 13.1. The van der Waals surface area contributed by atoms with Gasteiger partial charge >= 0.3 is 0 Å². The maximum absolute atomic E-state index is 13.1. The lowest BCUT2D eigenvalue weighted by molar-refractivity contribution is -0.133. The van der Waals surface area contributed by atoms with Gasteiger partial charge in [-0.15, -0.1) is 12.4 Å². The number of rotatable bonds is 3. The van der Waals surface area contributed by atoms with Crippen LogP contribution >= 0.6 is 12.4 Å². The van der Waals surface area contributed by atoms with Crippen LogP contribution in [0.5, 0.6) is 0 Å². The molecule has 24 heavy (non-hydrogen) atoms. The van der Waals surface area contributed by atoms with Crippen molar-refractivity contribution in [1.82, 2.24) is 4.90 Å². The van der Waals surface area contributed by atoms with Gasteiger partial charge in [0.15, 0.2) is 0 Å². The molecule has 1 heterocycles. The molecule has 0 aromatic heterocycles. The minimum absolute atomic E-state index is 0. The normalized spacial score (nSPS) is 24.3. The summed E-state index contributed by atoms with van der Waals surface area (Å²) in [6.45, 7) is 1.39. The summed E-state index contributed by atoms with van der Waals surface area (Å²) in [6.07, 6.45) is 1.91. The van der Waals surface area contributed by atoms with Gasteiger partial charge in [0.25, 0.3) is 0 Å². The van der Waals surface area contributed by atoms with E-state index >= 15 is 0 Å². The zero-order valence-electron chi connectivity index (χ0n) is 13.6. The molecule has 0 unspecified atom stereocenters. The molecule has 2 N–H and O–H groups in total. The van der Waals surface area contributed by atoms with Crippen LogP contribution in [0.25, 0.3) is 0 Å². The molecule has 2 aromatic rings. The molecule has 0 radical (unpaired) electrons. The van der Waals surface area contributed by atoms with E-state index in [1.165, 1.54) is 5.56 Å². The van der Waals surface area contributed by atoms with Crippen molar-refractivity contribution >= 4 is 18.3 Å². The molecule has 126 valence electrons. The molecule has 2 aromatic carbocycles. The molecule has 0 spiro atoms. The molecule has 1 saturated carbocycles. The number of amides is 1. The molecule has 1 aliphatic heterocycles. The smallest absolute Gasteiger partial charge is 0.233 e. The molecule has 1 saturated heterocycles. The predicted molar refractivity (Wildman–Crippen MR) is 98.3 cm³/mol. The topological polar surface area (TPSA) is 46.3 Å². The third-order valence-corrected chi connectivity index (χ3v) is 5.37. The molecular weight excluding hydrogens is 320 g/mol. The monoisotopic (exact) mass is 342 g/mol. The number of nitrogens with two attached hydrogens (primary N) is 1. The summed E-state index contributed by atoms with van der Waals surface area (Å²) in [5, 5.41) is 0. The fourth-order valence-electron chi connectivity index (χ4n) is 3.86. The summed E-state index contributed by atoms with van der Waals surface area (Å²) in [7, 11) is 0. The van der Waals surface area contributed by atoms with Crippen molar-refractivity contribution in [3.63, 3.8) is 0 Å². The van der Waals surface area contributed by atoms with Gasteiger partial charge in [-0.25, -0.2) is 0 Å². The minimum Gasteiger partial charge on any atom is -0.340 e. The Balaban J connectivity index is 0.00000169. The molecule has 3 nitrogen and oxygen atoms in total. The van der Waals surface area contributed by atoms with Gasteiger partial charge in [0.05, 0.1) is 5.41 Å². The van der Waals surface area contributed by atoms with Crippen molar-refractivity contribution in [3.05, 3.63) is 71.8 Å². The minimum atomic E-state index is -0.285. The van der Waals surface area contributed by atoms with Gasteiger partial charge in [-0.2, -0.15) is 0 Å². The first-order chi connectivity index (χ1) is 11.2. The number of carbonyl (C=O) groups excluding carboxylic acids is 1. The zero-order chi connectivity index (χ0) is 15.9. The summed E-state index contributed by atoms with van der Waals surface area (Å²) >= 11 is 0. The number of carbonyl (C=O) groups is 1. The molecule has 4 heteroatoms. The number of nitrogens with zero attached hydrogens (tertiary/aromatic N) is 1. The molecule has 1 aliphatic carbocycles. The highest BCUT2D eigenvalue weighted by atomic mass is 35.5. The lowest BCUT2D eigenvalue weighted by Crippen LogP contribution is -2.39. The van der Waals surface area contributed by atoms with Crippen molar-refractivity contribution in [1.29, 1.82) is 0 Å². The second-order valence-electron chi connectivity index (χ2n) is 6.84. The van der Waals surface area contributed by atoms with E-state index < -0.39 is 0 Å². The number of hydrogen-bond acceptors (Lipinski definition) is 2. The van der Waals surface area contributed by atoms with Crippen LogP contribution in [-0.2, 0) is 10.2 Å². The van der Waals surface area contributed by atoms with Crippen molar-refractivity contribution in [2.45, 2.75) is 30.2 Å². The predicted octanol–water partition coefficient (Wildman–Crippen LogP) is 3.09. The third kappa shape index (κ3) is 2.83. The van der Waals surface area contributed by atoms with Gasteiger partial charge in [0, 0.05) is 25.0 Å². The van der Waals surface area contributed by atoms with Crippen LogP contribution < -0.4 is 5.73 Å². The number of halogens is 1. The van der Waals surface area contributed by atoms with Crippen LogP contribution in [0.15, 0.2) is 60.7 Å². The Morgan fingerprint density at radius 3 is 2.12 bits per heavy atom. The van der Waals surface area contributed by atoms with Gasteiger partial charge in [-0.1, -0.05) is 60.7 Å². The first-order valence-electron chi connectivity index (χ1n) is 8.36. The summed E-state index contributed by atoms with van der Waals surface area (Å²) in [4.78, 5) is 15.1. The molecule has 2 aliphatic rings. The SMILES string of the molecule is Cl.N[C@@H]1CN(C(=O)C2(c3ccccc3)CC2)C[C@H]1c1ccccc1. The van der Waals surface area contributed by atoms with E-state index in [1.54, 1.807) is 0 Å². The fraction of sp³-hybridized carbons (Fsp3) is 0.350. The lowest BCUT2D eigenvalue weighted by Gasteiger charge is -2.23. The first-order valence-corrected chi connectivity index (χ1v) is 8.36. The third-order valence-electron chi connectivity index (χ3n) is 5.37. The summed E-state index contributed by atoms with van der Waals surface area (Å²) in [5.41, 5.74) is 8.45. The summed E-state index contributed by atoms with van der Waals surface area (Å²) in [6, 6.07) is 20.5. The van der Waals surface area contributed by atoms with Gasteiger partial charge in [0.1, 0.15) is 0 Å². The number of benzene rings is 2. The number of hydrogen-bond donors (Lipinski definition) is 1. The second kappa shape index (κ2) is 6.58. The van der Waals surface area contributed by atoms with E-state index in [9.17, 15) is 4.79 Å². The molecule has 4 rings (SSSR count). The van der Waals surface area contributed by atoms with Crippen molar-refractivity contribution in [3.8, 4) is 0 Å². The Bertz CT molecular complexity index is 700. The molecular formula is C20H23ClN2O. The van der Waals surface area contributed by atoms with Crippen LogP contribution in [0.1, 0.15) is 29.9 Å². The number of likely N-dealkylation sites (tertiary alicyclic amines) is 1. The zero-order valence-corrected chi connectivity index (χ0v) is 14.4. The highest BCUT2D eigenvalue weighted by Gasteiger charge is 2.54. The van der Waals surface area contributed by atoms with Gasteiger partial charge in [0.2, 0.25) is 5.91 Å². The van der Waals surface area contributed by atoms with Crippen LogP contribution in [-0.4, -0.2) is 29.9 Å². The molecule has 1 amide bonds. The van der Waals surface area contributed by atoms with Crippen molar-refractivity contribution in [2.24, 2.45) is 5.73 Å². The Kier molecular flexibility index (Phi) is 4.66. The quantitative estimate of drug-likeness (QED) is 0.931. The van der Waals surface area contributed by atoms with E-state index in [4.69, 9.17) is 5.73 Å². The van der Waals surface area contributed by atoms with E-state index in [2.05, 4.69) is 24.3 Å². The average molecular weight is 343 g/mol. The lowest BCUT2D eigenvalue weighted by atomic mass is 9.94. The van der Waals surface area contributed by atoms with Crippen LogP contribution in [0.2, 0.25) is 0 Å². The van der Waals surface area contributed by atoms with E-state index in [-0.39, 0.29) is 35.7 Å². The second-order valence-corrected chi connectivity index (χ2v) is 6.84. The Labute approximate surface area is 149 Å². The summed E-state index contributed by atoms with van der Waals surface area (Å²) < 4.78 is 0. The van der Waals surface area contributed by atoms with Crippen LogP contribution in [0.4, 0.5) is 0 Å². The van der Waals surface area contributed by atoms with E-state index in [0.717, 1.165) is 24.9 Å². The fourth-order valence-corrected chi connectivity index (χ4v) is 3.86. The largest absolute Gasteiger partial charge is 0.340 e. The standard InChI is InChI=1S/C20H22N2O.ClH/c21-18-14-22(13-17(18)15-7-3-1-4-8-15)19(23)20(11-12-20)16-9-5-2-6-10-16;/h1-10,17-18H,11-14,21H2;1H/t17-,18+;/m0./s1. The van der Waals surface area contributed by atoms with Crippen molar-refractivity contribution in [2.75, 3.05) is 13.1 Å².